The lowest BCUT2D eigenvalue weighted by Gasteiger charge is -2.28. The molecule has 13 rings (SSSR count). The minimum atomic E-state index is -2.61. The van der Waals surface area contributed by atoms with Gasteiger partial charge in [-0.3, -0.25) is 38.4 Å². The van der Waals surface area contributed by atoms with Crippen LogP contribution in [0.4, 0.5) is 10.3 Å². The van der Waals surface area contributed by atoms with Gasteiger partial charge in [0.2, 0.25) is 42.8 Å². The predicted molar refractivity (Wildman–Crippen MR) is 303 cm³/mol. The molecule has 0 atom stereocenters. The van der Waals surface area contributed by atoms with Crippen LogP contribution >= 0.6 is 22.7 Å². The van der Waals surface area contributed by atoms with E-state index in [1.165, 1.54) is 36.4 Å². The summed E-state index contributed by atoms with van der Waals surface area (Å²) in [6.45, 7) is -1.29. The second-order valence-corrected chi connectivity index (χ2v) is 21.3. The highest BCUT2D eigenvalue weighted by Gasteiger charge is 2.65. The highest BCUT2D eigenvalue weighted by molar-refractivity contribution is 7.19. The summed E-state index contributed by atoms with van der Waals surface area (Å²) in [7, 11) is 0. The average molecular weight is 1120 g/mol. The number of aromatic nitrogens is 2. The van der Waals surface area contributed by atoms with E-state index in [0.29, 0.717) is 22.3 Å². The lowest BCUT2D eigenvalue weighted by molar-refractivity contribution is -0.166. The molecule has 0 saturated carbocycles. The van der Waals surface area contributed by atoms with Gasteiger partial charge in [-0.2, -0.15) is 0 Å². The van der Waals surface area contributed by atoms with Crippen LogP contribution in [0, 0.1) is 0 Å². The molecule has 82 heavy (non-hydrogen) atoms. The van der Waals surface area contributed by atoms with E-state index in [2.05, 4.69) is 9.98 Å². The fourth-order valence-corrected chi connectivity index (χ4v) is 12.7. The smallest absolute Gasteiger partial charge is 0.334 e. The maximum absolute atomic E-state index is 15.7. The molecule has 18 heteroatoms. The van der Waals surface area contributed by atoms with Crippen molar-refractivity contribution in [1.29, 1.82) is 0 Å². The topological polar surface area (TPSA) is 224 Å². The first-order valence-corrected chi connectivity index (χ1v) is 27.2. The number of carbonyl (C=O) groups excluding carboxylic acids is 4. The summed E-state index contributed by atoms with van der Waals surface area (Å²) in [4.78, 5) is 137. The zero-order chi connectivity index (χ0) is 56.3. The molecule has 0 N–H and O–H groups in total. The van der Waals surface area contributed by atoms with E-state index in [1.807, 2.05) is 0 Å². The van der Waals surface area contributed by atoms with E-state index in [0.717, 1.165) is 22.7 Å². The molecular formula is C64H38N4O12S2. The summed E-state index contributed by atoms with van der Waals surface area (Å²) in [6.07, 6.45) is 0. The highest BCUT2D eigenvalue weighted by Crippen LogP contribution is 2.61. The van der Waals surface area contributed by atoms with E-state index >= 15 is 19.2 Å². The minimum Gasteiger partial charge on any atom is -0.459 e. The molecule has 0 saturated heterocycles. The van der Waals surface area contributed by atoms with Gasteiger partial charge in [-0.1, -0.05) is 193 Å². The summed E-state index contributed by atoms with van der Waals surface area (Å²) >= 11 is 1.67. The monoisotopic (exact) mass is 1120 g/mol. The Bertz CT molecular complexity index is 4260. The van der Waals surface area contributed by atoms with Gasteiger partial charge in [0.05, 0.1) is 21.1 Å². The first-order chi connectivity index (χ1) is 40.0. The number of hydrogen-bond acceptors (Lipinski definition) is 18. The van der Waals surface area contributed by atoms with Gasteiger partial charge in [0, 0.05) is 21.5 Å². The van der Waals surface area contributed by atoms with Gasteiger partial charge >= 0.3 is 23.9 Å². The van der Waals surface area contributed by atoms with Crippen LogP contribution in [0.2, 0.25) is 0 Å². The van der Waals surface area contributed by atoms with Gasteiger partial charge in [0.1, 0.15) is 26.4 Å². The molecule has 0 unspecified atom stereocenters. The van der Waals surface area contributed by atoms with E-state index in [9.17, 15) is 19.2 Å². The summed E-state index contributed by atoms with van der Waals surface area (Å²) in [6, 6.07) is 50.4. The number of ether oxygens (including phenoxy) is 4. The molecule has 0 aliphatic heterocycles. The van der Waals surface area contributed by atoms with Crippen LogP contribution in [0.1, 0.15) is 44.8 Å². The van der Waals surface area contributed by atoms with Crippen LogP contribution in [0.5, 0.6) is 0 Å². The highest BCUT2D eigenvalue weighted by atomic mass is 32.1. The molecule has 2 aliphatic carbocycles. The fourth-order valence-electron chi connectivity index (χ4n) is 10.6. The van der Waals surface area contributed by atoms with Crippen LogP contribution in [0.15, 0.2) is 211 Å². The van der Waals surface area contributed by atoms with Crippen LogP contribution in [-0.4, -0.2) is 33.8 Å². The van der Waals surface area contributed by atoms with Crippen molar-refractivity contribution in [3.8, 4) is 20.9 Å². The minimum absolute atomic E-state index is 0.0503. The number of carbonyl (C=O) groups is 4. The van der Waals surface area contributed by atoms with Crippen LogP contribution in [0.25, 0.3) is 42.4 Å². The Morgan fingerprint density at radius 1 is 0.378 bits per heavy atom. The Morgan fingerprint density at radius 2 is 0.634 bits per heavy atom. The van der Waals surface area contributed by atoms with E-state index in [1.54, 1.807) is 146 Å². The predicted octanol–water partition coefficient (Wildman–Crippen LogP) is 8.07. The van der Waals surface area contributed by atoms with Crippen molar-refractivity contribution < 1.29 is 38.1 Å². The molecule has 0 spiro atoms. The third-order valence-electron chi connectivity index (χ3n) is 14.6. The first kappa shape index (κ1) is 51.2. The van der Waals surface area contributed by atoms with Crippen LogP contribution in [-0.2, 0) is 75.4 Å². The SMILES string of the molecule is O=C(OCc1ccccc1)C1(C(=O)OCc2ccccc2)c2cc3c(cc2-c2sc(N=c4c(=O)c5ccccc5c4=O)nc21)C(C(=O)OCc1ccccc1)(C(=O)OCc1ccccc1)c1nc(N=c2c(=O)c4ccccc4c2=O)sc1-3. The maximum Gasteiger partial charge on any atom is 0.334 e. The summed E-state index contributed by atoms with van der Waals surface area (Å²) in [5, 5.41) is -0.758. The zero-order valence-corrected chi connectivity index (χ0v) is 44.3. The summed E-state index contributed by atoms with van der Waals surface area (Å²) in [5.74, 6) is -4.55. The number of thiazole rings is 2. The van der Waals surface area contributed by atoms with Crippen molar-refractivity contribution in [1.82, 2.24) is 9.97 Å². The lowest BCUT2D eigenvalue weighted by atomic mass is 9.76. The molecule has 0 radical (unpaired) electrons. The quantitative estimate of drug-likeness (QED) is 0.0571. The van der Waals surface area contributed by atoms with Crippen molar-refractivity contribution in [2.75, 3.05) is 0 Å². The first-order valence-electron chi connectivity index (χ1n) is 25.6. The summed E-state index contributed by atoms with van der Waals surface area (Å²) < 4.78 is 24.6. The van der Waals surface area contributed by atoms with Crippen molar-refractivity contribution in [3.63, 3.8) is 0 Å². The summed E-state index contributed by atoms with van der Waals surface area (Å²) in [5.41, 5.74) is -5.99. The normalized spacial score (nSPS) is 13.2. The largest absolute Gasteiger partial charge is 0.459 e. The molecule has 2 heterocycles. The Hall–Kier alpha value is -10.3. The van der Waals surface area contributed by atoms with Gasteiger partial charge in [0.15, 0.2) is 10.7 Å². The second kappa shape index (κ2) is 20.4. The number of fused-ring (bicyclic) bond motifs is 8. The standard InChI is InChI=1S/C64H38N4O12S2/c69-49-39-25-13-14-26-40(39)50(70)47(49)65-61-67-55-53(81-61)43-30-46-44(29-45(43)63(55,57(73)77-31-35-17-5-1-6-18-35)58(74)78-32-36-19-7-2-8-20-36)54-56(68-62(82-54)66-48-51(71)41-27-15-16-28-42(41)52(48)72)64(46,59(75)79-33-37-21-9-3-10-22-37)60(76)80-34-38-23-11-4-12-24-38/h1-30H,31-34H2. The molecule has 11 aromatic rings. The fraction of sp³-hybridized carbons (Fsp3) is 0.0938. The van der Waals surface area contributed by atoms with Gasteiger partial charge in [-0.15, -0.1) is 0 Å². The zero-order valence-electron chi connectivity index (χ0n) is 42.7. The third-order valence-corrected chi connectivity index (χ3v) is 16.5. The molecule has 2 aromatic heterocycles. The van der Waals surface area contributed by atoms with Crippen molar-refractivity contribution in [2.45, 2.75) is 37.3 Å². The van der Waals surface area contributed by atoms with Crippen LogP contribution in [0.3, 0.4) is 0 Å². The van der Waals surface area contributed by atoms with Gasteiger partial charge in [-0.05, 0) is 56.6 Å². The molecule has 16 nitrogen and oxygen atoms in total. The van der Waals surface area contributed by atoms with Crippen molar-refractivity contribution in [2.24, 2.45) is 9.98 Å². The Kier molecular flexibility index (Phi) is 12.7. The molecule has 0 amide bonds. The molecular weight excluding hydrogens is 1080 g/mol. The van der Waals surface area contributed by atoms with Gasteiger partial charge in [0.25, 0.3) is 0 Å². The molecule has 0 bridgehead atoms. The Labute approximate surface area is 470 Å². The molecule has 9 aromatic carbocycles. The Balaban J connectivity index is 1.08. The number of esters is 4. The van der Waals surface area contributed by atoms with Crippen LogP contribution < -0.4 is 32.4 Å². The number of rotatable bonds is 14. The maximum atomic E-state index is 15.7. The van der Waals surface area contributed by atoms with E-state index < -0.39 is 67.1 Å². The van der Waals surface area contributed by atoms with E-state index in [-0.39, 0.29) is 102 Å². The lowest BCUT2D eigenvalue weighted by Crippen LogP contribution is -2.47. The number of nitrogens with zero attached hydrogens (tertiary/aromatic N) is 4. The molecule has 2 aliphatic rings. The van der Waals surface area contributed by atoms with E-state index in [4.69, 9.17) is 28.9 Å². The average Bonchev–Trinajstić information content (AvgIpc) is 1.80. The molecule has 0 fully saturated rings. The second-order valence-electron chi connectivity index (χ2n) is 19.4. The van der Waals surface area contributed by atoms with Gasteiger partial charge in [-0.25, -0.2) is 20.0 Å². The third kappa shape index (κ3) is 8.25. The van der Waals surface area contributed by atoms with Crippen molar-refractivity contribution >= 4 is 78.4 Å². The van der Waals surface area contributed by atoms with Crippen molar-refractivity contribution in [3.05, 3.63) is 278 Å². The molecule has 398 valence electrons. The number of hydrogen-bond donors (Lipinski definition) is 0. The Morgan fingerprint density at radius 3 is 0.902 bits per heavy atom. The van der Waals surface area contributed by atoms with Gasteiger partial charge < -0.3 is 18.9 Å². The number of benzene rings is 7.